The molecule has 0 saturated carbocycles. The largest absolute Gasteiger partial charge is 0.512 e. The van der Waals surface area contributed by atoms with Crippen LogP contribution in [0.25, 0.3) is 32.2 Å². The second-order valence-corrected chi connectivity index (χ2v) is 15.9. The van der Waals surface area contributed by atoms with Gasteiger partial charge in [-0.3, -0.25) is 9.78 Å². The van der Waals surface area contributed by atoms with Crippen molar-refractivity contribution in [3.63, 3.8) is 0 Å². The molecule has 54 heavy (non-hydrogen) atoms. The smallest absolute Gasteiger partial charge is 0.264 e. The Morgan fingerprint density at radius 3 is 2.20 bits per heavy atom. The number of benzene rings is 4. The second-order valence-electron chi connectivity index (χ2n) is 14.9. The van der Waals surface area contributed by atoms with Crippen LogP contribution in [0, 0.1) is 17.9 Å². The molecule has 0 aliphatic carbocycles. The Labute approximate surface area is 336 Å². The Balaban J connectivity index is 0.000000267. The van der Waals surface area contributed by atoms with Crippen molar-refractivity contribution < 1.29 is 39.5 Å². The van der Waals surface area contributed by atoms with E-state index in [1.54, 1.807) is 17.7 Å². The molecule has 0 unspecified atom stereocenters. The number of aliphatic hydroxyl groups is 1. The summed E-state index contributed by atoms with van der Waals surface area (Å²) in [5.41, 5.74) is 7.31. The minimum Gasteiger partial charge on any atom is -0.512 e. The summed E-state index contributed by atoms with van der Waals surface area (Å²) >= 11 is 1.62. The molecule has 2 aliphatic rings. The molecule has 0 amide bonds. The number of aromatic nitrogens is 2. The van der Waals surface area contributed by atoms with Crippen molar-refractivity contribution in [2.45, 2.75) is 79.6 Å². The van der Waals surface area contributed by atoms with Gasteiger partial charge in [0.1, 0.15) is 23.6 Å². The van der Waals surface area contributed by atoms with Crippen LogP contribution in [0.15, 0.2) is 91.0 Å². The SMILES string of the molecule is CC(C)(C)c1cc(-c2ncnc3c4c(sc23)Oc2cccc3c2B4c2ccccc2O3)[c-]c2ccccc12.CCC(CC)C(=O)/C=C(\O)C(CC)CC.[Ir]. The molecule has 2 aromatic heterocycles. The number of aliphatic hydroxyl groups excluding tert-OH is 1. The maximum Gasteiger partial charge on any atom is 0.264 e. The number of thiophene rings is 1. The molecule has 0 spiro atoms. The van der Waals surface area contributed by atoms with Gasteiger partial charge in [-0.2, -0.15) is 0 Å². The molecule has 0 saturated heterocycles. The van der Waals surface area contributed by atoms with E-state index in [1.807, 2.05) is 58.0 Å². The van der Waals surface area contributed by atoms with Gasteiger partial charge >= 0.3 is 0 Å². The number of rotatable bonds is 8. The Bertz CT molecular complexity index is 2360. The molecule has 0 bridgehead atoms. The van der Waals surface area contributed by atoms with E-state index in [9.17, 15) is 9.90 Å². The van der Waals surface area contributed by atoms with Crippen molar-refractivity contribution in [2.24, 2.45) is 11.8 Å². The van der Waals surface area contributed by atoms with E-state index in [0.29, 0.717) is 0 Å². The maximum atomic E-state index is 11.7. The number of ketones is 1. The van der Waals surface area contributed by atoms with E-state index in [1.165, 1.54) is 17.0 Å². The van der Waals surface area contributed by atoms with Crippen LogP contribution in [0.3, 0.4) is 0 Å². The zero-order valence-electron chi connectivity index (χ0n) is 32.0. The Kier molecular flexibility index (Phi) is 11.8. The fourth-order valence-electron chi connectivity index (χ4n) is 7.66. The molecular formula is C45H46BIrN2O4S-. The number of allylic oxidation sites excluding steroid dienone is 2. The van der Waals surface area contributed by atoms with Gasteiger partial charge < -0.3 is 14.6 Å². The number of carbonyl (C=O) groups excluding carboxylic acids is 1. The molecule has 8 rings (SSSR count). The van der Waals surface area contributed by atoms with E-state index < -0.39 is 0 Å². The number of ether oxygens (including phenoxy) is 2. The van der Waals surface area contributed by atoms with Gasteiger partial charge in [-0.1, -0.05) is 102 Å². The zero-order chi connectivity index (χ0) is 37.4. The van der Waals surface area contributed by atoms with Crippen LogP contribution in [-0.2, 0) is 30.3 Å². The number of nitrogens with zero attached hydrogens (tertiary/aromatic N) is 2. The van der Waals surface area contributed by atoms with Crippen molar-refractivity contribution in [1.29, 1.82) is 0 Å². The molecule has 279 valence electrons. The van der Waals surface area contributed by atoms with Crippen LogP contribution < -0.4 is 25.9 Å². The van der Waals surface area contributed by atoms with Crippen molar-refractivity contribution in [3.8, 4) is 33.6 Å². The first-order chi connectivity index (χ1) is 25.6. The van der Waals surface area contributed by atoms with Gasteiger partial charge in [0.25, 0.3) is 6.71 Å². The summed E-state index contributed by atoms with van der Waals surface area (Å²) in [4.78, 5) is 21.4. The van der Waals surface area contributed by atoms with Crippen LogP contribution in [0.2, 0.25) is 0 Å². The van der Waals surface area contributed by atoms with Crippen LogP contribution in [-0.4, -0.2) is 27.6 Å². The van der Waals surface area contributed by atoms with E-state index in [4.69, 9.17) is 19.4 Å². The van der Waals surface area contributed by atoms with Gasteiger partial charge in [0.15, 0.2) is 10.8 Å². The molecule has 9 heteroatoms. The average molecular weight is 914 g/mol. The first-order valence-corrected chi connectivity index (χ1v) is 19.6. The topological polar surface area (TPSA) is 81.5 Å². The minimum atomic E-state index is -0.0305. The van der Waals surface area contributed by atoms with Crippen LogP contribution in [0.5, 0.6) is 22.3 Å². The Hall–Kier alpha value is -4.30. The normalized spacial score (nSPS) is 13.0. The third-order valence-corrected chi connectivity index (χ3v) is 11.7. The second kappa shape index (κ2) is 16.2. The zero-order valence-corrected chi connectivity index (χ0v) is 35.2. The van der Waals surface area contributed by atoms with Gasteiger partial charge in [-0.25, -0.2) is 4.98 Å². The van der Waals surface area contributed by atoms with E-state index in [2.05, 4.69) is 69.3 Å². The first kappa shape index (κ1) is 39.4. The van der Waals surface area contributed by atoms with E-state index in [-0.39, 0.29) is 55.6 Å². The number of carbonyl (C=O) groups is 1. The van der Waals surface area contributed by atoms with E-state index >= 15 is 0 Å². The summed E-state index contributed by atoms with van der Waals surface area (Å²) in [6, 6.07) is 28.7. The number of hydrogen-bond acceptors (Lipinski definition) is 7. The molecular weight excluding hydrogens is 868 g/mol. The van der Waals surface area contributed by atoms with Gasteiger partial charge in [-0.15, -0.1) is 40.5 Å². The number of para-hydroxylation sites is 1. The van der Waals surface area contributed by atoms with Gasteiger partial charge in [0.05, 0.1) is 11.3 Å². The van der Waals surface area contributed by atoms with Gasteiger partial charge in [0, 0.05) is 59.3 Å². The fourth-order valence-corrected chi connectivity index (χ4v) is 8.82. The summed E-state index contributed by atoms with van der Waals surface area (Å²) in [5, 5.41) is 12.9. The molecule has 1 N–H and O–H groups in total. The molecule has 1 radical (unpaired) electrons. The summed E-state index contributed by atoms with van der Waals surface area (Å²) < 4.78 is 13.8. The van der Waals surface area contributed by atoms with Gasteiger partial charge in [-0.05, 0) is 54.8 Å². The number of hydrogen-bond donors (Lipinski definition) is 1. The summed E-state index contributed by atoms with van der Waals surface area (Å²) in [5.74, 6) is 3.10. The maximum absolute atomic E-state index is 11.7. The quantitative estimate of drug-likeness (QED) is 0.0708. The Morgan fingerprint density at radius 2 is 1.50 bits per heavy atom. The molecule has 0 fully saturated rings. The Morgan fingerprint density at radius 1 is 0.852 bits per heavy atom. The van der Waals surface area contributed by atoms with Crippen molar-refractivity contribution >= 4 is 61.2 Å². The third-order valence-electron chi connectivity index (χ3n) is 10.7. The van der Waals surface area contributed by atoms with Crippen LogP contribution >= 0.6 is 11.3 Å². The summed E-state index contributed by atoms with van der Waals surface area (Å²) in [6.07, 6.45) is 6.58. The van der Waals surface area contributed by atoms with E-state index in [0.717, 1.165) is 91.2 Å². The number of fused-ring (bicyclic) bond motifs is 7. The standard InChI is InChI=1S/C32H22BN2O2S.C13H24O2.Ir/c1-32(2,3)21-16-19(15-18-9-4-5-10-20(18)21)28-30-29(35-17-34-28)27-31(38-30)37-25-14-8-13-24-26(25)33(27)22-11-6-7-12-23(22)36-24;1-5-10(6-2)12(14)9-13(15)11(7-3)8-4;/h4-14,16-17H,1-3H3;9-11,14H,5-8H2,1-4H3;/q-1;;/b;12-9-;. The van der Waals surface area contributed by atoms with Crippen LogP contribution in [0.1, 0.15) is 79.7 Å². The molecule has 2 aliphatic heterocycles. The molecule has 6 aromatic rings. The first-order valence-electron chi connectivity index (χ1n) is 18.8. The third kappa shape index (κ3) is 7.26. The van der Waals surface area contributed by atoms with Gasteiger partial charge in [0.2, 0.25) is 0 Å². The average Bonchev–Trinajstić information content (AvgIpc) is 3.53. The monoisotopic (exact) mass is 914 g/mol. The minimum absolute atomic E-state index is 0. The predicted octanol–water partition coefficient (Wildman–Crippen LogP) is 10.2. The molecule has 4 heterocycles. The van der Waals surface area contributed by atoms with Crippen LogP contribution in [0.4, 0.5) is 0 Å². The van der Waals surface area contributed by atoms with Crippen molar-refractivity contribution in [1.82, 2.24) is 9.97 Å². The fraction of sp³-hybridized carbons (Fsp3) is 0.311. The predicted molar refractivity (Wildman–Crippen MR) is 219 cm³/mol. The molecule has 6 nitrogen and oxygen atoms in total. The molecule has 0 atom stereocenters. The summed E-state index contributed by atoms with van der Waals surface area (Å²) in [7, 11) is 0. The van der Waals surface area contributed by atoms with Crippen molar-refractivity contribution in [2.75, 3.05) is 0 Å². The summed E-state index contributed by atoms with van der Waals surface area (Å²) in [6.45, 7) is 14.8. The van der Waals surface area contributed by atoms with Crippen molar-refractivity contribution in [3.05, 3.63) is 103 Å². The molecule has 4 aromatic carbocycles.